The molecule has 6 heteroatoms. The van der Waals surface area contributed by atoms with Gasteiger partial charge in [-0.05, 0) is 74.3 Å². The Morgan fingerprint density at radius 1 is 0.375 bits per heavy atom. The van der Waals surface area contributed by atoms with Crippen molar-refractivity contribution in [3.8, 4) is 45.4 Å². The summed E-state index contributed by atoms with van der Waals surface area (Å²) >= 11 is 1.82. The third-order valence-electron chi connectivity index (χ3n) is 11.0. The molecule has 0 atom stereocenters. The zero-order chi connectivity index (χ0) is 36.7. The Labute approximate surface area is 324 Å². The van der Waals surface area contributed by atoms with Crippen LogP contribution in [0.4, 0.5) is 0 Å². The maximum absolute atomic E-state index is 5.35. The molecule has 12 rings (SSSR count). The van der Waals surface area contributed by atoms with Gasteiger partial charge in [0.2, 0.25) is 0 Å². The van der Waals surface area contributed by atoms with Gasteiger partial charge in [-0.15, -0.1) is 11.3 Å². The lowest BCUT2D eigenvalue weighted by atomic mass is 10.0. The SMILES string of the molecule is c1ccc(-c2nc(-c3ccc(-c4cc5c6cc7ccccc7cc6sc5c5nc6cc7ccccc7cc6n45)cc3)nc(-c3ccc4ccccc4c3)n2)cc1. The van der Waals surface area contributed by atoms with Gasteiger partial charge in [-0.1, -0.05) is 140 Å². The molecule has 4 aromatic heterocycles. The van der Waals surface area contributed by atoms with Crippen LogP contribution in [0.25, 0.3) is 115 Å². The van der Waals surface area contributed by atoms with Crippen LogP contribution < -0.4 is 0 Å². The Morgan fingerprint density at radius 2 is 0.911 bits per heavy atom. The van der Waals surface area contributed by atoms with Crippen molar-refractivity contribution in [3.63, 3.8) is 0 Å². The number of imidazole rings is 1. The average molecular weight is 732 g/mol. The minimum Gasteiger partial charge on any atom is -0.291 e. The van der Waals surface area contributed by atoms with Gasteiger partial charge in [0.05, 0.1) is 21.4 Å². The van der Waals surface area contributed by atoms with E-state index >= 15 is 0 Å². The summed E-state index contributed by atoms with van der Waals surface area (Å²) in [6, 6.07) is 62.2. The first-order valence-corrected chi connectivity index (χ1v) is 19.5. The molecular formula is C50H29N5S. The van der Waals surface area contributed by atoms with E-state index in [1.165, 1.54) is 47.1 Å². The minimum atomic E-state index is 0.629. The fourth-order valence-electron chi connectivity index (χ4n) is 8.15. The quantitative estimate of drug-likeness (QED) is 0.181. The molecule has 0 fully saturated rings. The van der Waals surface area contributed by atoms with Gasteiger partial charge in [-0.25, -0.2) is 19.9 Å². The number of thiophene rings is 1. The van der Waals surface area contributed by atoms with Crippen molar-refractivity contribution in [2.45, 2.75) is 0 Å². The predicted octanol–water partition coefficient (Wildman–Crippen LogP) is 13.2. The number of hydrogen-bond donors (Lipinski definition) is 0. The molecule has 0 aliphatic heterocycles. The number of benzene rings is 8. The highest BCUT2D eigenvalue weighted by Gasteiger charge is 2.20. The molecule has 0 saturated heterocycles. The predicted molar refractivity (Wildman–Crippen MR) is 233 cm³/mol. The van der Waals surface area contributed by atoms with E-state index in [2.05, 4.69) is 150 Å². The largest absolute Gasteiger partial charge is 0.291 e. The van der Waals surface area contributed by atoms with Crippen molar-refractivity contribution in [2.75, 3.05) is 0 Å². The zero-order valence-electron chi connectivity index (χ0n) is 29.9. The van der Waals surface area contributed by atoms with E-state index in [1.54, 1.807) is 0 Å². The van der Waals surface area contributed by atoms with Crippen molar-refractivity contribution >= 4 is 80.5 Å². The van der Waals surface area contributed by atoms with Gasteiger partial charge in [0.15, 0.2) is 23.1 Å². The van der Waals surface area contributed by atoms with Crippen molar-refractivity contribution < 1.29 is 0 Å². The molecule has 0 spiro atoms. The summed E-state index contributed by atoms with van der Waals surface area (Å²) in [7, 11) is 0. The van der Waals surface area contributed by atoms with Crippen LogP contribution in [-0.2, 0) is 0 Å². The number of rotatable bonds is 4. The Kier molecular flexibility index (Phi) is 6.73. The standard InChI is InChI=1S/C50H29N5S/c1-2-11-32(12-3-1)47-52-48(54-49(53-47)39-23-18-30-10-4-5-13-34(30)24-39)33-21-19-31(20-22-33)43-29-41-40-25-35-14-6-9-17-38(35)28-45(40)56-46(41)50-51-42-26-36-15-7-8-16-37(36)27-44(42)55(43)50/h1-29H. The number of nitrogens with zero attached hydrogens (tertiary/aromatic N) is 5. The molecule has 0 bridgehead atoms. The van der Waals surface area contributed by atoms with Crippen LogP contribution in [0.5, 0.6) is 0 Å². The van der Waals surface area contributed by atoms with E-state index in [-0.39, 0.29) is 0 Å². The van der Waals surface area contributed by atoms with E-state index in [0.717, 1.165) is 50.0 Å². The van der Waals surface area contributed by atoms with Gasteiger partial charge in [-0.3, -0.25) is 4.40 Å². The first-order chi connectivity index (χ1) is 27.7. The average Bonchev–Trinajstić information content (AvgIpc) is 3.82. The second-order valence-electron chi connectivity index (χ2n) is 14.3. The molecule has 56 heavy (non-hydrogen) atoms. The van der Waals surface area contributed by atoms with Crippen LogP contribution in [0, 0.1) is 0 Å². The lowest BCUT2D eigenvalue weighted by Crippen LogP contribution is -2.00. The van der Waals surface area contributed by atoms with Crippen molar-refractivity contribution in [2.24, 2.45) is 0 Å². The maximum atomic E-state index is 5.35. The topological polar surface area (TPSA) is 56.0 Å². The van der Waals surface area contributed by atoms with E-state index < -0.39 is 0 Å². The summed E-state index contributed by atoms with van der Waals surface area (Å²) < 4.78 is 4.80. The van der Waals surface area contributed by atoms with Gasteiger partial charge in [-0.2, -0.15) is 0 Å². The number of aromatic nitrogens is 5. The van der Waals surface area contributed by atoms with Crippen molar-refractivity contribution in [1.29, 1.82) is 0 Å². The van der Waals surface area contributed by atoms with E-state index in [1.807, 2.05) is 41.7 Å². The molecule has 0 aliphatic carbocycles. The summed E-state index contributed by atoms with van der Waals surface area (Å²) in [5.41, 5.74) is 8.03. The highest BCUT2D eigenvalue weighted by atomic mass is 32.1. The Morgan fingerprint density at radius 3 is 1.62 bits per heavy atom. The van der Waals surface area contributed by atoms with Crippen molar-refractivity contribution in [1.82, 2.24) is 24.3 Å². The molecule has 260 valence electrons. The summed E-state index contributed by atoms with van der Waals surface area (Å²) in [4.78, 5) is 20.4. The molecule has 5 nitrogen and oxygen atoms in total. The third kappa shape index (κ3) is 4.93. The molecule has 8 aromatic carbocycles. The monoisotopic (exact) mass is 731 g/mol. The lowest BCUT2D eigenvalue weighted by Gasteiger charge is -2.11. The Bertz CT molecular complexity index is 3530. The minimum absolute atomic E-state index is 0.629. The number of pyridine rings is 1. The van der Waals surface area contributed by atoms with Crippen LogP contribution in [0.3, 0.4) is 0 Å². The second-order valence-corrected chi connectivity index (χ2v) is 15.4. The third-order valence-corrected chi connectivity index (χ3v) is 12.1. The van der Waals surface area contributed by atoms with Gasteiger partial charge in [0.1, 0.15) is 0 Å². The van der Waals surface area contributed by atoms with E-state index in [9.17, 15) is 0 Å². The van der Waals surface area contributed by atoms with Crippen molar-refractivity contribution in [3.05, 3.63) is 176 Å². The molecular weight excluding hydrogens is 703 g/mol. The van der Waals surface area contributed by atoms with E-state index in [4.69, 9.17) is 19.9 Å². The molecule has 0 amide bonds. The molecule has 0 saturated carbocycles. The molecule has 12 aromatic rings. The van der Waals surface area contributed by atoms with Gasteiger partial charge in [0, 0.05) is 32.2 Å². The van der Waals surface area contributed by atoms with Crippen LogP contribution in [0.2, 0.25) is 0 Å². The molecule has 4 heterocycles. The first kappa shape index (κ1) is 31.1. The fraction of sp³-hybridized carbons (Fsp3) is 0. The second kappa shape index (κ2) is 12.1. The highest BCUT2D eigenvalue weighted by molar-refractivity contribution is 7.26. The fourth-order valence-corrected chi connectivity index (χ4v) is 9.34. The van der Waals surface area contributed by atoms with Crippen LogP contribution in [0.1, 0.15) is 0 Å². The summed E-state index contributed by atoms with van der Waals surface area (Å²) in [6.45, 7) is 0. The summed E-state index contributed by atoms with van der Waals surface area (Å²) in [5, 5.41) is 9.65. The lowest BCUT2D eigenvalue weighted by molar-refractivity contribution is 1.07. The normalized spacial score (nSPS) is 11.9. The summed E-state index contributed by atoms with van der Waals surface area (Å²) in [5.74, 6) is 1.91. The zero-order valence-corrected chi connectivity index (χ0v) is 30.7. The van der Waals surface area contributed by atoms with E-state index in [0.29, 0.717) is 17.5 Å². The maximum Gasteiger partial charge on any atom is 0.164 e. The molecule has 0 aliphatic rings. The van der Waals surface area contributed by atoms with Gasteiger partial charge < -0.3 is 0 Å². The first-order valence-electron chi connectivity index (χ1n) is 18.7. The highest BCUT2D eigenvalue weighted by Crippen LogP contribution is 2.42. The number of hydrogen-bond acceptors (Lipinski definition) is 5. The Hall–Kier alpha value is -7.28. The van der Waals surface area contributed by atoms with Crippen LogP contribution in [0.15, 0.2) is 176 Å². The molecule has 0 N–H and O–H groups in total. The molecule has 0 unspecified atom stereocenters. The van der Waals surface area contributed by atoms with Gasteiger partial charge >= 0.3 is 0 Å². The van der Waals surface area contributed by atoms with Gasteiger partial charge in [0.25, 0.3) is 0 Å². The molecule has 0 radical (unpaired) electrons. The van der Waals surface area contributed by atoms with Crippen LogP contribution >= 0.6 is 11.3 Å². The smallest absolute Gasteiger partial charge is 0.164 e. The summed E-state index contributed by atoms with van der Waals surface area (Å²) in [6.07, 6.45) is 0. The number of fused-ring (bicyclic) bond motifs is 10. The van der Waals surface area contributed by atoms with Crippen LogP contribution in [-0.4, -0.2) is 24.3 Å². The Balaban J connectivity index is 1.06.